The first kappa shape index (κ1) is 29.9. The molecule has 0 aliphatic carbocycles. The summed E-state index contributed by atoms with van der Waals surface area (Å²) in [5.41, 5.74) is 8.10. The summed E-state index contributed by atoms with van der Waals surface area (Å²) in [5.74, 6) is -1.11. The summed E-state index contributed by atoms with van der Waals surface area (Å²) in [4.78, 5) is 19.5. The summed E-state index contributed by atoms with van der Waals surface area (Å²) < 4.78 is 44.7. The second-order valence-corrected chi connectivity index (χ2v) is 11.6. The molecule has 2 N–H and O–H groups in total. The van der Waals surface area contributed by atoms with Crippen molar-refractivity contribution >= 4 is 11.6 Å². The molecule has 2 aliphatic rings. The van der Waals surface area contributed by atoms with Crippen LogP contribution in [0.25, 0.3) is 5.57 Å². The fourth-order valence-corrected chi connectivity index (χ4v) is 6.46. The van der Waals surface area contributed by atoms with Crippen molar-refractivity contribution in [2.24, 2.45) is 5.73 Å². The largest absolute Gasteiger partial charge is 0.324 e. The molecule has 3 unspecified atom stereocenters. The molecule has 2 amide bonds. The first-order chi connectivity index (χ1) is 20.2. The van der Waals surface area contributed by atoms with E-state index in [1.165, 1.54) is 11.0 Å². The summed E-state index contributed by atoms with van der Waals surface area (Å²) in [6, 6.07) is 21.7. The van der Waals surface area contributed by atoms with Crippen LogP contribution >= 0.6 is 0 Å². The Morgan fingerprint density at radius 1 is 1.07 bits per heavy atom. The third kappa shape index (κ3) is 6.10. The Balaban J connectivity index is 1.53. The molecule has 1 fully saturated rings. The highest BCUT2D eigenvalue weighted by molar-refractivity contribution is 5.83. The zero-order valence-corrected chi connectivity index (χ0v) is 24.2. The van der Waals surface area contributed by atoms with Gasteiger partial charge in [0.05, 0.1) is 11.6 Å². The maximum absolute atomic E-state index is 15.2. The normalized spacial score (nSPS) is 23.5. The Morgan fingerprint density at radius 2 is 1.76 bits per heavy atom. The molecule has 0 saturated carbocycles. The number of halogens is 3. The number of carbonyl (C=O) groups excluding carboxylic acids is 1. The third-order valence-electron chi connectivity index (χ3n) is 8.81. The molecule has 222 valence electrons. The molecule has 2 aliphatic heterocycles. The van der Waals surface area contributed by atoms with Crippen molar-refractivity contribution in [2.75, 3.05) is 33.7 Å². The lowest BCUT2D eigenvalue weighted by Crippen LogP contribution is -2.57. The zero-order chi connectivity index (χ0) is 29.9. The van der Waals surface area contributed by atoms with Gasteiger partial charge in [-0.3, -0.25) is 0 Å². The van der Waals surface area contributed by atoms with Crippen molar-refractivity contribution in [2.45, 2.75) is 49.5 Å². The zero-order valence-electron chi connectivity index (χ0n) is 24.2. The molecule has 4 atom stereocenters. The number of alkyl halides is 1. The maximum Gasteiger partial charge on any atom is 0.321 e. The molecule has 0 bridgehead atoms. The van der Waals surface area contributed by atoms with Gasteiger partial charge in [-0.25, -0.2) is 18.0 Å². The van der Waals surface area contributed by atoms with Gasteiger partial charge < -0.3 is 20.4 Å². The van der Waals surface area contributed by atoms with E-state index in [2.05, 4.69) is 0 Å². The van der Waals surface area contributed by atoms with Crippen LogP contribution in [0.3, 0.4) is 0 Å². The van der Waals surface area contributed by atoms with E-state index in [1.807, 2.05) is 78.7 Å². The van der Waals surface area contributed by atoms with Crippen LogP contribution in [0, 0.1) is 11.6 Å². The molecule has 2 heterocycles. The van der Waals surface area contributed by atoms with Gasteiger partial charge in [-0.15, -0.1) is 0 Å². The van der Waals surface area contributed by atoms with Crippen LogP contribution in [0.1, 0.15) is 48.4 Å². The Labute approximate surface area is 246 Å². The van der Waals surface area contributed by atoms with E-state index < -0.39 is 29.4 Å². The molecular weight excluding hydrogens is 537 g/mol. The van der Waals surface area contributed by atoms with Crippen LogP contribution in [0.4, 0.5) is 18.0 Å². The summed E-state index contributed by atoms with van der Waals surface area (Å²) in [6.45, 7) is 0.996. The second kappa shape index (κ2) is 12.7. The van der Waals surface area contributed by atoms with Crippen LogP contribution in [-0.2, 0) is 5.54 Å². The number of rotatable bonds is 8. The molecular formula is C34H39F3N4O. The van der Waals surface area contributed by atoms with Gasteiger partial charge in [0.15, 0.2) is 0 Å². The first-order valence-corrected chi connectivity index (χ1v) is 14.6. The van der Waals surface area contributed by atoms with Gasteiger partial charge in [0.2, 0.25) is 0 Å². The lowest BCUT2D eigenvalue weighted by molar-refractivity contribution is 0.0505. The predicted molar refractivity (Wildman–Crippen MR) is 160 cm³/mol. The number of likely N-dealkylation sites (tertiary alicyclic amines) is 1. The minimum atomic E-state index is -1.19. The van der Waals surface area contributed by atoms with Crippen molar-refractivity contribution in [3.05, 3.63) is 113 Å². The topological polar surface area (TPSA) is 52.8 Å². The fraction of sp³-hybridized carbons (Fsp3) is 0.382. The van der Waals surface area contributed by atoms with E-state index in [9.17, 15) is 9.18 Å². The van der Waals surface area contributed by atoms with Crippen LogP contribution in [0.5, 0.6) is 0 Å². The van der Waals surface area contributed by atoms with Gasteiger partial charge in [-0.1, -0.05) is 60.7 Å². The number of carbonyl (C=O) groups is 1. The summed E-state index contributed by atoms with van der Waals surface area (Å²) in [7, 11) is 3.52. The number of benzene rings is 3. The molecule has 0 aromatic heterocycles. The van der Waals surface area contributed by atoms with Gasteiger partial charge in [-0.05, 0) is 73.7 Å². The molecule has 3 aromatic rings. The van der Waals surface area contributed by atoms with Gasteiger partial charge in [0.1, 0.15) is 17.8 Å². The smallest absolute Gasteiger partial charge is 0.321 e. The van der Waals surface area contributed by atoms with Gasteiger partial charge in [0, 0.05) is 38.3 Å². The van der Waals surface area contributed by atoms with Gasteiger partial charge >= 0.3 is 6.03 Å². The minimum Gasteiger partial charge on any atom is -0.324 e. The quantitative estimate of drug-likeness (QED) is 0.332. The highest BCUT2D eigenvalue weighted by Crippen LogP contribution is 2.45. The second-order valence-electron chi connectivity index (χ2n) is 11.6. The monoisotopic (exact) mass is 576 g/mol. The molecule has 8 heteroatoms. The number of hydrogen-bond donors (Lipinski definition) is 1. The highest BCUT2D eigenvalue weighted by Gasteiger charge is 2.47. The van der Waals surface area contributed by atoms with E-state index in [1.54, 1.807) is 11.9 Å². The Kier molecular flexibility index (Phi) is 9.04. The summed E-state index contributed by atoms with van der Waals surface area (Å²) in [6.07, 6.45) is 3.05. The molecule has 0 radical (unpaired) electrons. The van der Waals surface area contributed by atoms with Crippen LogP contribution < -0.4 is 5.73 Å². The average molecular weight is 577 g/mol. The molecule has 5 nitrogen and oxygen atoms in total. The molecule has 0 spiro atoms. The van der Waals surface area contributed by atoms with E-state index in [4.69, 9.17) is 5.73 Å². The number of urea groups is 1. The highest BCUT2D eigenvalue weighted by atomic mass is 19.1. The SMILES string of the molecule is CN1CCC(N(C)C(=O)N2CC(c3cc(F)ccc3F)=C[C@@]2(CCCC(N)c2ccccc2)c2ccccc2)C(F)C1. The predicted octanol–water partition coefficient (Wildman–Crippen LogP) is 6.52. The van der Waals surface area contributed by atoms with Crippen molar-refractivity contribution in [3.63, 3.8) is 0 Å². The van der Waals surface area contributed by atoms with E-state index in [-0.39, 0.29) is 30.7 Å². The number of hydrogen-bond acceptors (Lipinski definition) is 3. The summed E-state index contributed by atoms with van der Waals surface area (Å²) in [5, 5.41) is 0. The van der Waals surface area contributed by atoms with E-state index >= 15 is 8.78 Å². The lowest BCUT2D eigenvalue weighted by Gasteiger charge is -2.44. The van der Waals surface area contributed by atoms with Crippen LogP contribution in [0.2, 0.25) is 0 Å². The van der Waals surface area contributed by atoms with Crippen molar-refractivity contribution in [1.29, 1.82) is 0 Å². The lowest BCUT2D eigenvalue weighted by atomic mass is 9.83. The Bertz CT molecular complexity index is 1400. The standard InChI is InChI=1S/C34H39F3N4O/c1-39-19-17-32(30(37)23-39)40(2)33(42)41-22-25(28-20-27(35)15-16-29(28)36)21-34(41,26-12-7-4-8-13-26)18-9-14-31(38)24-10-5-3-6-11-24/h3-8,10-13,15-16,20-21,30-32H,9,14,17-19,22-23,38H2,1-2H3/t30?,31?,32?,34-/m0/s1. The Morgan fingerprint density at radius 3 is 2.45 bits per heavy atom. The maximum atomic E-state index is 15.2. The molecule has 3 aromatic carbocycles. The molecule has 42 heavy (non-hydrogen) atoms. The Hall–Kier alpha value is -3.62. The number of piperidine rings is 1. The van der Waals surface area contributed by atoms with Gasteiger partial charge in [-0.2, -0.15) is 0 Å². The van der Waals surface area contributed by atoms with E-state index in [0.717, 1.165) is 23.3 Å². The van der Waals surface area contributed by atoms with Crippen LogP contribution in [0.15, 0.2) is 84.9 Å². The first-order valence-electron chi connectivity index (χ1n) is 14.6. The molecule has 5 rings (SSSR count). The molecule has 1 saturated heterocycles. The third-order valence-corrected chi connectivity index (χ3v) is 8.81. The average Bonchev–Trinajstić information content (AvgIpc) is 3.39. The van der Waals surface area contributed by atoms with Gasteiger partial charge in [0.25, 0.3) is 0 Å². The van der Waals surface area contributed by atoms with Crippen molar-refractivity contribution in [1.82, 2.24) is 14.7 Å². The number of nitrogens with zero attached hydrogens (tertiary/aromatic N) is 3. The number of nitrogens with two attached hydrogens (primary N) is 1. The van der Waals surface area contributed by atoms with Crippen LogP contribution in [-0.4, -0.2) is 66.7 Å². The summed E-state index contributed by atoms with van der Waals surface area (Å²) >= 11 is 0. The van der Waals surface area contributed by atoms with Crippen molar-refractivity contribution < 1.29 is 18.0 Å². The fourth-order valence-electron chi connectivity index (χ4n) is 6.46. The number of amides is 2. The minimum absolute atomic E-state index is 0.0623. The van der Waals surface area contributed by atoms with E-state index in [0.29, 0.717) is 37.8 Å². The van der Waals surface area contributed by atoms with Crippen molar-refractivity contribution in [3.8, 4) is 0 Å².